The fourth-order valence-corrected chi connectivity index (χ4v) is 1.89. The van der Waals surface area contributed by atoms with Crippen LogP contribution in [0.3, 0.4) is 0 Å². The molecule has 0 unspecified atom stereocenters. The normalized spacial score (nSPS) is 11.2. The molecule has 1 N–H and O–H groups in total. The molecule has 110 valence electrons. The maximum absolute atomic E-state index is 12.9. The van der Waals surface area contributed by atoms with E-state index in [2.05, 4.69) is 0 Å². The van der Waals surface area contributed by atoms with Crippen LogP contribution < -0.4 is 4.74 Å². The molecular weight excluding hydrogens is 309 g/mol. The third kappa shape index (κ3) is 3.28. The molecule has 0 saturated heterocycles. The lowest BCUT2D eigenvalue weighted by atomic mass is 10.1. The summed E-state index contributed by atoms with van der Waals surface area (Å²) in [5.41, 5.74) is -1.33. The predicted molar refractivity (Wildman–Crippen MR) is 69.9 cm³/mol. The number of hydrogen-bond acceptors (Lipinski definition) is 2. The largest absolute Gasteiger partial charge is 0.478 e. The summed E-state index contributed by atoms with van der Waals surface area (Å²) in [6.07, 6.45) is -4.62. The van der Waals surface area contributed by atoms with E-state index in [1.54, 1.807) is 0 Å². The van der Waals surface area contributed by atoms with Gasteiger partial charge in [0.2, 0.25) is 0 Å². The zero-order valence-electron chi connectivity index (χ0n) is 10.3. The first-order valence-corrected chi connectivity index (χ1v) is 6.04. The van der Waals surface area contributed by atoms with Crippen molar-refractivity contribution in [3.8, 4) is 11.5 Å². The van der Waals surface area contributed by atoms with E-state index in [-0.39, 0.29) is 16.3 Å². The molecule has 0 amide bonds. The highest BCUT2D eigenvalue weighted by atomic mass is 35.5. The molecule has 0 aliphatic carbocycles. The highest BCUT2D eigenvalue weighted by Gasteiger charge is 2.34. The SMILES string of the molecule is O=C(O)c1cccc(Cl)c1Oc1ccccc1C(F)(F)F. The number of benzene rings is 2. The molecule has 0 radical (unpaired) electrons. The molecule has 0 fully saturated rings. The van der Waals surface area contributed by atoms with Gasteiger partial charge >= 0.3 is 12.1 Å². The van der Waals surface area contributed by atoms with Crippen LogP contribution in [0.5, 0.6) is 11.5 Å². The third-order valence-corrected chi connectivity index (χ3v) is 2.90. The van der Waals surface area contributed by atoms with Gasteiger partial charge in [0.15, 0.2) is 5.75 Å². The van der Waals surface area contributed by atoms with E-state index >= 15 is 0 Å². The van der Waals surface area contributed by atoms with Gasteiger partial charge in [0.1, 0.15) is 11.3 Å². The molecular formula is C14H8ClF3O3. The third-order valence-electron chi connectivity index (χ3n) is 2.60. The average Bonchev–Trinajstić information content (AvgIpc) is 2.40. The van der Waals surface area contributed by atoms with Crippen LogP contribution in [-0.4, -0.2) is 11.1 Å². The molecule has 2 aromatic carbocycles. The highest BCUT2D eigenvalue weighted by molar-refractivity contribution is 6.32. The maximum atomic E-state index is 12.9. The maximum Gasteiger partial charge on any atom is 0.419 e. The lowest BCUT2D eigenvalue weighted by Gasteiger charge is -2.15. The Hall–Kier alpha value is -2.21. The molecule has 7 heteroatoms. The van der Waals surface area contributed by atoms with Gasteiger partial charge in [0.05, 0.1) is 10.6 Å². The van der Waals surface area contributed by atoms with Crippen molar-refractivity contribution in [3.63, 3.8) is 0 Å². The Morgan fingerprint density at radius 3 is 2.38 bits per heavy atom. The lowest BCUT2D eigenvalue weighted by Crippen LogP contribution is -2.08. The molecule has 21 heavy (non-hydrogen) atoms. The number of hydrogen-bond donors (Lipinski definition) is 1. The lowest BCUT2D eigenvalue weighted by molar-refractivity contribution is -0.138. The standard InChI is InChI=1S/C14H8ClF3O3/c15-10-6-3-4-8(13(19)20)12(10)21-11-7-2-1-5-9(11)14(16,17)18/h1-7H,(H,19,20). The van der Waals surface area contributed by atoms with Crippen molar-refractivity contribution < 1.29 is 27.8 Å². The Labute approximate surface area is 122 Å². The molecule has 0 aliphatic heterocycles. The summed E-state index contributed by atoms with van der Waals surface area (Å²) in [6.45, 7) is 0. The van der Waals surface area contributed by atoms with Gasteiger partial charge in [-0.2, -0.15) is 13.2 Å². The zero-order valence-corrected chi connectivity index (χ0v) is 11.1. The first-order valence-electron chi connectivity index (χ1n) is 5.66. The van der Waals surface area contributed by atoms with Crippen molar-refractivity contribution in [2.75, 3.05) is 0 Å². The quantitative estimate of drug-likeness (QED) is 0.880. The summed E-state index contributed by atoms with van der Waals surface area (Å²) in [4.78, 5) is 11.1. The molecule has 0 atom stereocenters. The molecule has 0 bridgehead atoms. The molecule has 0 aromatic heterocycles. The van der Waals surface area contributed by atoms with Crippen LogP contribution in [0.25, 0.3) is 0 Å². The second-order valence-corrected chi connectivity index (χ2v) is 4.42. The van der Waals surface area contributed by atoms with Crippen LogP contribution in [0.4, 0.5) is 13.2 Å². The Balaban J connectivity index is 2.52. The van der Waals surface area contributed by atoms with Crippen molar-refractivity contribution in [1.82, 2.24) is 0 Å². The number of carboxylic acids is 1. The molecule has 2 rings (SSSR count). The van der Waals surface area contributed by atoms with E-state index in [0.29, 0.717) is 0 Å². The number of aromatic carboxylic acids is 1. The van der Waals surface area contributed by atoms with Gasteiger partial charge in [-0.1, -0.05) is 29.8 Å². The van der Waals surface area contributed by atoms with Crippen molar-refractivity contribution in [3.05, 3.63) is 58.6 Å². The fraction of sp³-hybridized carbons (Fsp3) is 0.0714. The molecule has 0 heterocycles. The topological polar surface area (TPSA) is 46.5 Å². The summed E-state index contributed by atoms with van der Waals surface area (Å²) in [5, 5.41) is 8.95. The summed E-state index contributed by atoms with van der Waals surface area (Å²) in [5.74, 6) is -2.19. The number of alkyl halides is 3. The Morgan fingerprint density at radius 1 is 1.10 bits per heavy atom. The molecule has 0 saturated carbocycles. The Bertz CT molecular complexity index is 683. The van der Waals surface area contributed by atoms with E-state index in [1.807, 2.05) is 0 Å². The minimum atomic E-state index is -4.62. The summed E-state index contributed by atoms with van der Waals surface area (Å²) >= 11 is 5.82. The van der Waals surface area contributed by atoms with E-state index in [9.17, 15) is 18.0 Å². The van der Waals surface area contributed by atoms with Crippen molar-refractivity contribution in [2.45, 2.75) is 6.18 Å². The van der Waals surface area contributed by atoms with Crippen LogP contribution in [0, 0.1) is 0 Å². The summed E-state index contributed by atoms with van der Waals surface area (Å²) in [6, 6.07) is 8.39. The monoisotopic (exact) mass is 316 g/mol. The highest BCUT2D eigenvalue weighted by Crippen LogP contribution is 2.40. The first-order chi connectivity index (χ1) is 9.80. The zero-order chi connectivity index (χ0) is 15.6. The van der Waals surface area contributed by atoms with Crippen LogP contribution in [0.15, 0.2) is 42.5 Å². The summed E-state index contributed by atoms with van der Waals surface area (Å²) in [7, 11) is 0. The fourth-order valence-electron chi connectivity index (χ4n) is 1.68. The molecule has 0 aliphatic rings. The van der Waals surface area contributed by atoms with Gasteiger partial charge in [0.25, 0.3) is 0 Å². The minimum Gasteiger partial charge on any atom is -0.478 e. The Morgan fingerprint density at radius 2 is 1.76 bits per heavy atom. The van der Waals surface area contributed by atoms with Gasteiger partial charge < -0.3 is 9.84 Å². The summed E-state index contributed by atoms with van der Waals surface area (Å²) < 4.78 is 43.8. The minimum absolute atomic E-state index is 0.0909. The van der Waals surface area contributed by atoms with Crippen LogP contribution in [-0.2, 0) is 6.18 Å². The van der Waals surface area contributed by atoms with E-state index < -0.39 is 23.5 Å². The van der Waals surface area contributed by atoms with Crippen LogP contribution in [0.2, 0.25) is 5.02 Å². The second kappa shape index (κ2) is 5.65. The van der Waals surface area contributed by atoms with Gasteiger partial charge in [-0.05, 0) is 24.3 Å². The molecule has 3 nitrogen and oxygen atoms in total. The smallest absolute Gasteiger partial charge is 0.419 e. The van der Waals surface area contributed by atoms with Crippen molar-refractivity contribution in [2.24, 2.45) is 0 Å². The first kappa shape index (κ1) is 15.2. The Kier molecular flexibility index (Phi) is 4.09. The number of carbonyl (C=O) groups is 1. The molecule has 2 aromatic rings. The number of para-hydroxylation sites is 2. The van der Waals surface area contributed by atoms with E-state index in [0.717, 1.165) is 12.1 Å². The number of rotatable bonds is 3. The van der Waals surface area contributed by atoms with Crippen LogP contribution >= 0.6 is 11.6 Å². The van der Waals surface area contributed by atoms with Gasteiger partial charge in [-0.25, -0.2) is 4.79 Å². The average molecular weight is 317 g/mol. The second-order valence-electron chi connectivity index (χ2n) is 4.02. The van der Waals surface area contributed by atoms with Gasteiger partial charge in [-0.3, -0.25) is 0 Å². The van der Waals surface area contributed by atoms with Crippen molar-refractivity contribution >= 4 is 17.6 Å². The van der Waals surface area contributed by atoms with Crippen molar-refractivity contribution in [1.29, 1.82) is 0 Å². The van der Waals surface area contributed by atoms with E-state index in [4.69, 9.17) is 21.4 Å². The predicted octanol–water partition coefficient (Wildman–Crippen LogP) is 4.85. The number of halogens is 4. The van der Waals surface area contributed by atoms with Gasteiger partial charge in [0, 0.05) is 0 Å². The number of carboxylic acid groups (broad SMARTS) is 1. The van der Waals surface area contributed by atoms with E-state index in [1.165, 1.54) is 30.3 Å². The van der Waals surface area contributed by atoms with Gasteiger partial charge in [-0.15, -0.1) is 0 Å². The van der Waals surface area contributed by atoms with Crippen LogP contribution in [0.1, 0.15) is 15.9 Å². The number of ether oxygens (including phenoxy) is 1. The molecule has 0 spiro atoms.